The Balaban J connectivity index is 1.80. The van der Waals surface area contributed by atoms with Crippen LogP contribution in [-0.4, -0.2) is 23.2 Å². The molecule has 0 unspecified atom stereocenters. The molecule has 0 aliphatic carbocycles. The molecule has 1 N–H and O–H groups in total. The number of nitriles is 1. The van der Waals surface area contributed by atoms with Crippen LogP contribution in [0.2, 0.25) is 5.02 Å². The van der Waals surface area contributed by atoms with Crippen LogP contribution in [0.1, 0.15) is 17.7 Å². The molecule has 1 aromatic carbocycles. The minimum Gasteiger partial charge on any atom is -0.489 e. The molecule has 0 atom stereocenters. The molecule has 2 heterocycles. The molecular weight excluding hydrogens is 304 g/mol. The average molecular weight is 317 g/mol. The van der Waals surface area contributed by atoms with E-state index in [4.69, 9.17) is 26.3 Å². The summed E-state index contributed by atoms with van der Waals surface area (Å²) in [4.78, 5) is 8.06. The second kappa shape index (κ2) is 6.50. The predicted octanol–water partition coefficient (Wildman–Crippen LogP) is 2.78. The van der Waals surface area contributed by atoms with E-state index in [0.717, 1.165) is 12.0 Å². The van der Waals surface area contributed by atoms with Gasteiger partial charge in [0.15, 0.2) is 23.0 Å². The van der Waals surface area contributed by atoms with E-state index in [2.05, 4.69) is 15.3 Å². The van der Waals surface area contributed by atoms with Crippen molar-refractivity contribution < 1.29 is 9.47 Å². The standard InChI is InChI=1S/C15H13ClN4O2/c16-11-6-10(7-13-14(11)22-5-1-4-21-13)9-20-15-12(8-17)18-2-3-19-15/h2-3,6-7H,1,4-5,9H2,(H,19,20). The van der Waals surface area contributed by atoms with Crippen molar-refractivity contribution in [1.82, 2.24) is 9.97 Å². The molecule has 1 aromatic heterocycles. The first-order chi connectivity index (χ1) is 10.8. The first-order valence-corrected chi connectivity index (χ1v) is 7.18. The summed E-state index contributed by atoms with van der Waals surface area (Å²) >= 11 is 6.25. The Morgan fingerprint density at radius 2 is 2.05 bits per heavy atom. The Morgan fingerprint density at radius 3 is 2.91 bits per heavy atom. The van der Waals surface area contributed by atoms with Crippen molar-refractivity contribution >= 4 is 17.4 Å². The van der Waals surface area contributed by atoms with Gasteiger partial charge in [0.25, 0.3) is 0 Å². The van der Waals surface area contributed by atoms with Crippen LogP contribution in [0, 0.1) is 11.3 Å². The zero-order valence-corrected chi connectivity index (χ0v) is 12.4. The van der Waals surface area contributed by atoms with Crippen LogP contribution in [0.4, 0.5) is 5.82 Å². The highest BCUT2D eigenvalue weighted by Crippen LogP contribution is 2.38. The molecule has 7 heteroatoms. The maximum absolute atomic E-state index is 9.00. The maximum atomic E-state index is 9.00. The van der Waals surface area contributed by atoms with Crippen molar-refractivity contribution in [3.8, 4) is 17.6 Å². The molecule has 1 aliphatic rings. The van der Waals surface area contributed by atoms with E-state index < -0.39 is 0 Å². The monoisotopic (exact) mass is 316 g/mol. The van der Waals surface area contributed by atoms with Crippen molar-refractivity contribution in [2.75, 3.05) is 18.5 Å². The fourth-order valence-electron chi connectivity index (χ4n) is 2.12. The van der Waals surface area contributed by atoms with E-state index in [9.17, 15) is 0 Å². The van der Waals surface area contributed by atoms with Crippen molar-refractivity contribution in [3.63, 3.8) is 0 Å². The van der Waals surface area contributed by atoms with Gasteiger partial charge in [-0.15, -0.1) is 0 Å². The Labute approximate surface area is 132 Å². The smallest absolute Gasteiger partial charge is 0.182 e. The highest BCUT2D eigenvalue weighted by atomic mass is 35.5. The lowest BCUT2D eigenvalue weighted by Crippen LogP contribution is -2.05. The molecule has 0 fully saturated rings. The lowest BCUT2D eigenvalue weighted by molar-refractivity contribution is 0.297. The van der Waals surface area contributed by atoms with Crippen LogP contribution < -0.4 is 14.8 Å². The lowest BCUT2D eigenvalue weighted by Gasteiger charge is -2.12. The van der Waals surface area contributed by atoms with Crippen LogP contribution >= 0.6 is 11.6 Å². The van der Waals surface area contributed by atoms with E-state index in [-0.39, 0.29) is 5.69 Å². The third-order valence-corrected chi connectivity index (χ3v) is 3.41. The number of nitrogens with one attached hydrogen (secondary N) is 1. The highest BCUT2D eigenvalue weighted by molar-refractivity contribution is 6.32. The number of hydrogen-bond acceptors (Lipinski definition) is 6. The normalized spacial score (nSPS) is 13.1. The van der Waals surface area contributed by atoms with Gasteiger partial charge < -0.3 is 14.8 Å². The zero-order chi connectivity index (χ0) is 15.4. The van der Waals surface area contributed by atoms with Crippen molar-refractivity contribution in [2.24, 2.45) is 0 Å². The van der Waals surface area contributed by atoms with Gasteiger partial charge in [0.2, 0.25) is 0 Å². The molecule has 2 aromatic rings. The average Bonchev–Trinajstić information content (AvgIpc) is 2.79. The van der Waals surface area contributed by atoms with E-state index in [0.29, 0.717) is 42.1 Å². The van der Waals surface area contributed by atoms with Crippen LogP contribution in [0.3, 0.4) is 0 Å². The van der Waals surface area contributed by atoms with Gasteiger partial charge in [-0.05, 0) is 17.7 Å². The number of ether oxygens (including phenoxy) is 2. The second-order valence-electron chi connectivity index (χ2n) is 4.67. The molecule has 6 nitrogen and oxygen atoms in total. The van der Waals surface area contributed by atoms with Gasteiger partial charge in [-0.1, -0.05) is 11.6 Å². The lowest BCUT2D eigenvalue weighted by atomic mass is 10.2. The molecule has 0 radical (unpaired) electrons. The topological polar surface area (TPSA) is 80.1 Å². The Kier molecular flexibility index (Phi) is 4.26. The van der Waals surface area contributed by atoms with Gasteiger partial charge in [0.05, 0.1) is 18.2 Å². The third kappa shape index (κ3) is 3.05. The summed E-state index contributed by atoms with van der Waals surface area (Å²) in [5, 5.41) is 12.6. The molecule has 3 rings (SSSR count). The van der Waals surface area contributed by atoms with E-state index in [1.54, 1.807) is 0 Å². The predicted molar refractivity (Wildman–Crippen MR) is 81.1 cm³/mol. The third-order valence-electron chi connectivity index (χ3n) is 3.13. The van der Waals surface area contributed by atoms with Crippen molar-refractivity contribution in [3.05, 3.63) is 40.8 Å². The Morgan fingerprint density at radius 1 is 1.23 bits per heavy atom. The number of benzene rings is 1. The number of nitrogens with zero attached hydrogens (tertiary/aromatic N) is 3. The largest absolute Gasteiger partial charge is 0.489 e. The zero-order valence-electron chi connectivity index (χ0n) is 11.7. The van der Waals surface area contributed by atoms with Gasteiger partial charge in [0, 0.05) is 25.4 Å². The van der Waals surface area contributed by atoms with Crippen molar-refractivity contribution in [2.45, 2.75) is 13.0 Å². The Hall–Kier alpha value is -2.52. The van der Waals surface area contributed by atoms with Gasteiger partial charge >= 0.3 is 0 Å². The van der Waals surface area contributed by atoms with Crippen molar-refractivity contribution in [1.29, 1.82) is 5.26 Å². The number of anilines is 1. The summed E-state index contributed by atoms with van der Waals surface area (Å²) in [6.07, 6.45) is 3.84. The number of fused-ring (bicyclic) bond motifs is 1. The first-order valence-electron chi connectivity index (χ1n) is 6.81. The van der Waals surface area contributed by atoms with Gasteiger partial charge in [-0.2, -0.15) is 5.26 Å². The fraction of sp³-hybridized carbons (Fsp3) is 0.267. The number of rotatable bonds is 3. The molecular formula is C15H13ClN4O2. The summed E-state index contributed by atoms with van der Waals surface area (Å²) in [5.74, 6) is 1.66. The number of halogens is 1. The molecule has 0 spiro atoms. The Bertz CT molecular complexity index is 730. The maximum Gasteiger partial charge on any atom is 0.182 e. The van der Waals surface area contributed by atoms with Gasteiger partial charge in [0.1, 0.15) is 6.07 Å². The summed E-state index contributed by atoms with van der Waals surface area (Å²) in [6, 6.07) is 5.68. The number of aromatic nitrogens is 2. The van der Waals surface area contributed by atoms with Gasteiger partial charge in [-0.25, -0.2) is 9.97 Å². The van der Waals surface area contributed by atoms with Crippen LogP contribution in [0.5, 0.6) is 11.5 Å². The van der Waals surface area contributed by atoms with E-state index >= 15 is 0 Å². The minimum absolute atomic E-state index is 0.253. The minimum atomic E-state index is 0.253. The second-order valence-corrected chi connectivity index (χ2v) is 5.08. The summed E-state index contributed by atoms with van der Waals surface area (Å²) in [7, 11) is 0. The summed E-state index contributed by atoms with van der Waals surface area (Å²) in [5.41, 5.74) is 1.16. The molecule has 0 saturated carbocycles. The molecule has 1 aliphatic heterocycles. The van der Waals surface area contributed by atoms with E-state index in [1.165, 1.54) is 12.4 Å². The molecule has 22 heavy (non-hydrogen) atoms. The van der Waals surface area contributed by atoms with Crippen LogP contribution in [0.25, 0.3) is 0 Å². The molecule has 112 valence electrons. The quantitative estimate of drug-likeness (QED) is 0.938. The highest BCUT2D eigenvalue weighted by Gasteiger charge is 2.15. The van der Waals surface area contributed by atoms with Gasteiger partial charge in [-0.3, -0.25) is 0 Å². The SMILES string of the molecule is N#Cc1nccnc1NCc1cc(Cl)c2c(c1)OCCCO2. The van der Waals surface area contributed by atoms with Crippen LogP contribution in [0.15, 0.2) is 24.5 Å². The first kappa shape index (κ1) is 14.4. The molecule has 0 bridgehead atoms. The van der Waals surface area contributed by atoms with Crippen LogP contribution in [-0.2, 0) is 6.54 Å². The molecule has 0 saturated heterocycles. The summed E-state index contributed by atoms with van der Waals surface area (Å²) < 4.78 is 11.2. The summed E-state index contributed by atoms with van der Waals surface area (Å²) in [6.45, 7) is 1.64. The number of hydrogen-bond donors (Lipinski definition) is 1. The fourth-order valence-corrected chi connectivity index (χ4v) is 2.41. The molecule has 0 amide bonds. The van der Waals surface area contributed by atoms with E-state index in [1.807, 2.05) is 18.2 Å².